The minimum absolute atomic E-state index is 0.0396. The highest BCUT2D eigenvalue weighted by Gasteiger charge is 2.29. The lowest BCUT2D eigenvalue weighted by Crippen LogP contribution is -2.41. The average Bonchev–Trinajstić information content (AvgIpc) is 3.15. The smallest absolute Gasteiger partial charge is 0.227 e. The number of rotatable bonds is 4. The predicted molar refractivity (Wildman–Crippen MR) is 99.9 cm³/mol. The van der Waals surface area contributed by atoms with E-state index in [9.17, 15) is 10.1 Å². The molecule has 0 aromatic carbocycles. The van der Waals surface area contributed by atoms with Crippen molar-refractivity contribution < 1.29 is 9.53 Å². The van der Waals surface area contributed by atoms with Gasteiger partial charge in [0.05, 0.1) is 18.1 Å². The van der Waals surface area contributed by atoms with E-state index in [2.05, 4.69) is 16.0 Å². The van der Waals surface area contributed by atoms with Gasteiger partial charge in [-0.15, -0.1) is 0 Å². The zero-order valence-corrected chi connectivity index (χ0v) is 16.0. The van der Waals surface area contributed by atoms with Crippen LogP contribution in [-0.4, -0.2) is 55.7 Å². The fraction of sp³-hybridized carbons (Fsp3) is 0.650. The van der Waals surface area contributed by atoms with Gasteiger partial charge in [-0.1, -0.05) is 0 Å². The first-order chi connectivity index (χ1) is 12.5. The average molecular weight is 356 g/mol. The molecule has 1 aromatic heterocycles. The van der Waals surface area contributed by atoms with E-state index in [0.717, 1.165) is 56.0 Å². The molecule has 0 spiro atoms. The lowest BCUT2D eigenvalue weighted by Gasteiger charge is -2.35. The number of anilines is 1. The summed E-state index contributed by atoms with van der Waals surface area (Å²) in [6.07, 6.45) is 2.87. The fourth-order valence-corrected chi connectivity index (χ4v) is 4.03. The molecule has 2 fully saturated rings. The Morgan fingerprint density at radius 2 is 2.12 bits per heavy atom. The van der Waals surface area contributed by atoms with Crippen LogP contribution >= 0.6 is 0 Å². The summed E-state index contributed by atoms with van der Waals surface area (Å²) in [4.78, 5) is 21.2. The number of nitrogens with zero attached hydrogens (tertiary/aromatic N) is 4. The Balaban J connectivity index is 1.58. The second kappa shape index (κ2) is 8.05. The number of carbonyl (C=O) groups excluding carboxylic acids is 1. The Morgan fingerprint density at radius 1 is 1.38 bits per heavy atom. The van der Waals surface area contributed by atoms with Gasteiger partial charge in [-0.3, -0.25) is 4.79 Å². The van der Waals surface area contributed by atoms with Gasteiger partial charge in [0.2, 0.25) is 5.91 Å². The van der Waals surface area contributed by atoms with Gasteiger partial charge in [-0.25, -0.2) is 4.98 Å². The van der Waals surface area contributed by atoms with E-state index < -0.39 is 0 Å². The van der Waals surface area contributed by atoms with Crippen LogP contribution in [0, 0.1) is 37.0 Å². The molecule has 1 aromatic rings. The molecular weight excluding hydrogens is 328 g/mol. The highest BCUT2D eigenvalue weighted by molar-refractivity contribution is 5.79. The Morgan fingerprint density at radius 3 is 2.73 bits per heavy atom. The molecule has 6 heteroatoms. The third-order valence-electron chi connectivity index (χ3n) is 5.54. The number of ether oxygens (including phenoxy) is 1. The minimum atomic E-state index is 0.0396. The molecule has 0 aliphatic carbocycles. The number of hydrogen-bond acceptors (Lipinski definition) is 5. The zero-order chi connectivity index (χ0) is 18.7. The third kappa shape index (κ3) is 3.99. The lowest BCUT2D eigenvalue weighted by molar-refractivity contribution is -0.134. The summed E-state index contributed by atoms with van der Waals surface area (Å²) in [5, 5.41) is 9.49. The zero-order valence-electron chi connectivity index (χ0n) is 16.0. The third-order valence-corrected chi connectivity index (χ3v) is 5.54. The maximum atomic E-state index is 12.5. The Labute approximate surface area is 155 Å². The Kier molecular flexibility index (Phi) is 5.77. The Hall–Kier alpha value is -2.13. The number of nitriles is 1. The molecule has 26 heavy (non-hydrogen) atoms. The molecule has 2 saturated heterocycles. The molecule has 0 radical (unpaired) electrons. The van der Waals surface area contributed by atoms with Crippen LogP contribution < -0.4 is 4.90 Å². The van der Waals surface area contributed by atoms with E-state index in [1.807, 2.05) is 31.9 Å². The van der Waals surface area contributed by atoms with Crippen molar-refractivity contribution in [3.8, 4) is 6.07 Å². The van der Waals surface area contributed by atoms with E-state index in [0.29, 0.717) is 24.7 Å². The second-order valence-electron chi connectivity index (χ2n) is 7.60. The van der Waals surface area contributed by atoms with Crippen molar-refractivity contribution in [3.63, 3.8) is 0 Å². The van der Waals surface area contributed by atoms with Crippen molar-refractivity contribution in [1.82, 2.24) is 9.88 Å². The molecule has 0 bridgehead atoms. The molecule has 140 valence electrons. The largest absolute Gasteiger partial charge is 0.381 e. The summed E-state index contributed by atoms with van der Waals surface area (Å²) in [7, 11) is 1.91. The van der Waals surface area contributed by atoms with Crippen LogP contribution in [-0.2, 0) is 9.53 Å². The van der Waals surface area contributed by atoms with Crippen LogP contribution in [0.15, 0.2) is 6.07 Å². The molecule has 3 heterocycles. The van der Waals surface area contributed by atoms with E-state index in [1.165, 1.54) is 0 Å². The summed E-state index contributed by atoms with van der Waals surface area (Å²) in [5.41, 5.74) is 2.62. The van der Waals surface area contributed by atoms with E-state index in [-0.39, 0.29) is 11.8 Å². The number of aryl methyl sites for hydroxylation is 2. The standard InChI is InChI=1S/C20H28N4O2/c1-14-10-15(2)22-19(18(14)11-21)24-7-4-16(5-8-24)12-23(3)20(25)17-6-9-26-13-17/h10,16-17H,4-9,12-13H2,1-3H3. The summed E-state index contributed by atoms with van der Waals surface area (Å²) < 4.78 is 5.34. The summed E-state index contributed by atoms with van der Waals surface area (Å²) in [6.45, 7) is 7.76. The Bertz CT molecular complexity index is 698. The number of amides is 1. The lowest BCUT2D eigenvalue weighted by atomic mass is 9.95. The fourth-order valence-electron chi connectivity index (χ4n) is 4.03. The van der Waals surface area contributed by atoms with E-state index in [1.54, 1.807) is 0 Å². The molecule has 2 aliphatic heterocycles. The molecule has 2 aliphatic rings. The molecular formula is C20H28N4O2. The molecule has 6 nitrogen and oxygen atoms in total. The first-order valence-electron chi connectivity index (χ1n) is 9.45. The van der Waals surface area contributed by atoms with Crippen molar-refractivity contribution >= 4 is 11.7 Å². The van der Waals surface area contributed by atoms with Crippen LogP contribution in [0.1, 0.15) is 36.1 Å². The molecule has 1 amide bonds. The highest BCUT2D eigenvalue weighted by atomic mass is 16.5. The normalized spacial score (nSPS) is 20.8. The quantitative estimate of drug-likeness (QED) is 0.828. The molecule has 1 atom stereocenters. The number of carbonyl (C=O) groups is 1. The van der Waals surface area contributed by atoms with Crippen LogP contribution in [0.2, 0.25) is 0 Å². The van der Waals surface area contributed by atoms with Gasteiger partial charge in [0.15, 0.2) is 0 Å². The van der Waals surface area contributed by atoms with Crippen molar-refractivity contribution in [2.45, 2.75) is 33.1 Å². The van der Waals surface area contributed by atoms with Crippen molar-refractivity contribution in [2.75, 3.05) is 44.8 Å². The van der Waals surface area contributed by atoms with E-state index >= 15 is 0 Å². The van der Waals surface area contributed by atoms with E-state index in [4.69, 9.17) is 4.74 Å². The van der Waals surface area contributed by atoms with Gasteiger partial charge in [0, 0.05) is 39.0 Å². The number of pyridine rings is 1. The maximum absolute atomic E-state index is 12.5. The van der Waals surface area contributed by atoms with Crippen LogP contribution in [0.25, 0.3) is 0 Å². The maximum Gasteiger partial charge on any atom is 0.227 e. The van der Waals surface area contributed by atoms with Gasteiger partial charge in [-0.05, 0) is 50.7 Å². The molecule has 3 rings (SSSR count). The summed E-state index contributed by atoms with van der Waals surface area (Å²) in [6, 6.07) is 4.27. The predicted octanol–water partition coefficient (Wildman–Crippen LogP) is 2.28. The molecule has 0 N–H and O–H groups in total. The second-order valence-corrected chi connectivity index (χ2v) is 7.60. The first-order valence-corrected chi connectivity index (χ1v) is 9.45. The topological polar surface area (TPSA) is 69.5 Å². The van der Waals surface area contributed by atoms with Crippen LogP contribution in [0.5, 0.6) is 0 Å². The number of hydrogen-bond donors (Lipinski definition) is 0. The van der Waals surface area contributed by atoms with Crippen molar-refractivity contribution in [2.24, 2.45) is 11.8 Å². The van der Waals surface area contributed by atoms with Gasteiger partial charge in [0.1, 0.15) is 11.9 Å². The highest BCUT2D eigenvalue weighted by Crippen LogP contribution is 2.27. The number of piperidine rings is 1. The minimum Gasteiger partial charge on any atom is -0.381 e. The summed E-state index contributed by atoms with van der Waals surface area (Å²) >= 11 is 0. The van der Waals surface area contributed by atoms with Gasteiger partial charge >= 0.3 is 0 Å². The van der Waals surface area contributed by atoms with Gasteiger partial charge < -0.3 is 14.5 Å². The number of aromatic nitrogens is 1. The molecule has 1 unspecified atom stereocenters. The summed E-state index contributed by atoms with van der Waals surface area (Å²) in [5.74, 6) is 1.57. The first kappa shape index (κ1) is 18.7. The van der Waals surface area contributed by atoms with Crippen molar-refractivity contribution in [1.29, 1.82) is 5.26 Å². The van der Waals surface area contributed by atoms with Gasteiger partial charge in [0.25, 0.3) is 0 Å². The van der Waals surface area contributed by atoms with Gasteiger partial charge in [-0.2, -0.15) is 5.26 Å². The SMILES string of the molecule is Cc1cc(C)c(C#N)c(N2CCC(CN(C)C(=O)C3CCOC3)CC2)n1. The van der Waals surface area contributed by atoms with Crippen molar-refractivity contribution in [3.05, 3.63) is 22.9 Å². The molecule has 0 saturated carbocycles. The monoisotopic (exact) mass is 356 g/mol. The van der Waals surface area contributed by atoms with Crippen LogP contribution in [0.3, 0.4) is 0 Å². The van der Waals surface area contributed by atoms with Crippen LogP contribution in [0.4, 0.5) is 5.82 Å².